The zero-order valence-corrected chi connectivity index (χ0v) is 11.1. The van der Waals surface area contributed by atoms with E-state index in [-0.39, 0.29) is 0 Å². The minimum Gasteiger partial charge on any atom is -0.465 e. The molecule has 3 nitrogen and oxygen atoms in total. The highest BCUT2D eigenvalue weighted by Gasteiger charge is 2.11. The number of hydrogen-bond acceptors (Lipinski definition) is 2. The Hall–Kier alpha value is -2.40. The number of amides is 1. The van der Waals surface area contributed by atoms with Gasteiger partial charge in [0, 0.05) is 15.1 Å². The molecule has 100 valence electrons. The molecule has 0 aliphatic rings. The van der Waals surface area contributed by atoms with E-state index in [1.165, 1.54) is 29.5 Å². The molecule has 1 amide bonds. The van der Waals surface area contributed by atoms with Crippen molar-refractivity contribution in [2.75, 3.05) is 5.32 Å². The second-order valence-electron chi connectivity index (χ2n) is 4.27. The average molecular weight is 287 g/mol. The Morgan fingerprint density at radius 3 is 2.70 bits per heavy atom. The third-order valence-corrected chi connectivity index (χ3v) is 4.06. The summed E-state index contributed by atoms with van der Waals surface area (Å²) in [5.74, 6) is -0.395. The van der Waals surface area contributed by atoms with Crippen LogP contribution in [0.25, 0.3) is 20.5 Å². The lowest BCUT2D eigenvalue weighted by Crippen LogP contribution is -2.08. The van der Waals surface area contributed by atoms with Gasteiger partial charge < -0.3 is 5.11 Å². The first-order chi connectivity index (χ1) is 9.63. The smallest absolute Gasteiger partial charge is 0.409 e. The van der Waals surface area contributed by atoms with Crippen LogP contribution < -0.4 is 5.32 Å². The van der Waals surface area contributed by atoms with Gasteiger partial charge in [-0.2, -0.15) is 0 Å². The van der Waals surface area contributed by atoms with Gasteiger partial charge in [0.1, 0.15) is 5.82 Å². The average Bonchev–Trinajstić information content (AvgIpc) is 2.84. The fourth-order valence-electron chi connectivity index (χ4n) is 2.06. The molecule has 0 bridgehead atoms. The fourth-order valence-corrected chi connectivity index (χ4v) is 3.15. The van der Waals surface area contributed by atoms with E-state index >= 15 is 0 Å². The third-order valence-electron chi connectivity index (χ3n) is 2.91. The first kappa shape index (κ1) is 12.6. The molecule has 2 N–H and O–H groups in total. The van der Waals surface area contributed by atoms with Crippen LogP contribution in [0.5, 0.6) is 0 Å². The van der Waals surface area contributed by atoms with Gasteiger partial charge in [0.25, 0.3) is 0 Å². The van der Waals surface area contributed by atoms with Crippen LogP contribution in [0.3, 0.4) is 0 Å². The number of anilines is 1. The number of benzene rings is 2. The Labute approximate surface area is 118 Å². The fraction of sp³-hybridized carbons (Fsp3) is 0. The van der Waals surface area contributed by atoms with Gasteiger partial charge in [-0.1, -0.05) is 18.2 Å². The highest BCUT2D eigenvalue weighted by Crippen LogP contribution is 2.37. The lowest BCUT2D eigenvalue weighted by molar-refractivity contribution is 0.210. The summed E-state index contributed by atoms with van der Waals surface area (Å²) in [6.45, 7) is 0. The number of rotatable bonds is 2. The predicted octanol–water partition coefficient (Wildman–Crippen LogP) is 4.80. The molecule has 0 spiro atoms. The number of carboxylic acid groups (broad SMARTS) is 1. The summed E-state index contributed by atoms with van der Waals surface area (Å²) in [5.41, 5.74) is 0.930. The standard InChI is InChI=1S/C15H10FNO2S/c16-10-5-6-12(17-15(18)19)11(8-10)14-7-9-3-1-2-4-13(9)20-14/h1-8,17H,(H,18,19). The Balaban J connectivity index is 2.16. The van der Waals surface area contributed by atoms with Crippen molar-refractivity contribution in [3.63, 3.8) is 0 Å². The molecule has 0 aliphatic heterocycles. The Morgan fingerprint density at radius 1 is 1.15 bits per heavy atom. The molecule has 1 heterocycles. The van der Waals surface area contributed by atoms with E-state index in [0.29, 0.717) is 11.3 Å². The van der Waals surface area contributed by atoms with Crippen LogP contribution in [0.15, 0.2) is 48.5 Å². The van der Waals surface area contributed by atoms with Crippen LogP contribution >= 0.6 is 11.3 Å². The molecule has 0 saturated heterocycles. The zero-order chi connectivity index (χ0) is 14.1. The van der Waals surface area contributed by atoms with Gasteiger partial charge in [0.15, 0.2) is 0 Å². The maximum absolute atomic E-state index is 13.5. The molecular weight excluding hydrogens is 277 g/mol. The molecule has 0 atom stereocenters. The molecular formula is C15H10FNO2S. The van der Waals surface area contributed by atoms with Crippen LogP contribution in [0.2, 0.25) is 0 Å². The van der Waals surface area contributed by atoms with Crippen molar-refractivity contribution in [2.45, 2.75) is 0 Å². The van der Waals surface area contributed by atoms with E-state index in [1.54, 1.807) is 0 Å². The van der Waals surface area contributed by atoms with Crippen LogP contribution in [-0.2, 0) is 0 Å². The van der Waals surface area contributed by atoms with Crippen molar-refractivity contribution in [3.8, 4) is 10.4 Å². The molecule has 3 rings (SSSR count). The van der Waals surface area contributed by atoms with Gasteiger partial charge in [-0.05, 0) is 35.7 Å². The van der Waals surface area contributed by atoms with Gasteiger partial charge in [-0.3, -0.25) is 5.32 Å². The molecule has 0 aliphatic carbocycles. The van der Waals surface area contributed by atoms with Crippen molar-refractivity contribution >= 4 is 33.2 Å². The van der Waals surface area contributed by atoms with Gasteiger partial charge in [0.05, 0.1) is 5.69 Å². The minimum absolute atomic E-state index is 0.380. The summed E-state index contributed by atoms with van der Waals surface area (Å²) >= 11 is 1.50. The number of nitrogens with one attached hydrogen (secondary N) is 1. The van der Waals surface area contributed by atoms with Crippen LogP contribution in [-0.4, -0.2) is 11.2 Å². The first-order valence-corrected chi connectivity index (χ1v) is 6.73. The number of carbonyl (C=O) groups is 1. The van der Waals surface area contributed by atoms with Crippen LogP contribution in [0.4, 0.5) is 14.9 Å². The van der Waals surface area contributed by atoms with E-state index in [1.807, 2.05) is 30.3 Å². The monoisotopic (exact) mass is 287 g/mol. The number of halogens is 1. The topological polar surface area (TPSA) is 49.3 Å². The summed E-state index contributed by atoms with van der Waals surface area (Å²) in [7, 11) is 0. The van der Waals surface area contributed by atoms with Crippen molar-refractivity contribution in [3.05, 3.63) is 54.3 Å². The van der Waals surface area contributed by atoms with Crippen molar-refractivity contribution in [1.29, 1.82) is 0 Å². The first-order valence-electron chi connectivity index (χ1n) is 5.92. The molecule has 20 heavy (non-hydrogen) atoms. The van der Waals surface area contributed by atoms with Gasteiger partial charge in [-0.15, -0.1) is 11.3 Å². The zero-order valence-electron chi connectivity index (χ0n) is 10.3. The molecule has 0 unspecified atom stereocenters. The van der Waals surface area contributed by atoms with Gasteiger partial charge >= 0.3 is 6.09 Å². The molecule has 1 aromatic heterocycles. The predicted molar refractivity (Wildman–Crippen MR) is 78.9 cm³/mol. The highest BCUT2D eigenvalue weighted by molar-refractivity contribution is 7.22. The second kappa shape index (κ2) is 4.94. The summed E-state index contributed by atoms with van der Waals surface area (Å²) in [6, 6.07) is 13.8. The van der Waals surface area contributed by atoms with Crippen molar-refractivity contribution < 1.29 is 14.3 Å². The van der Waals surface area contributed by atoms with E-state index in [9.17, 15) is 9.18 Å². The number of hydrogen-bond donors (Lipinski definition) is 2. The van der Waals surface area contributed by atoms with Crippen LogP contribution in [0, 0.1) is 5.82 Å². The van der Waals surface area contributed by atoms with E-state index in [4.69, 9.17) is 5.11 Å². The molecule has 0 fully saturated rings. The van der Waals surface area contributed by atoms with Gasteiger partial charge in [0.2, 0.25) is 0 Å². The number of fused-ring (bicyclic) bond motifs is 1. The van der Waals surface area contributed by atoms with E-state index in [0.717, 1.165) is 15.0 Å². The van der Waals surface area contributed by atoms with Crippen molar-refractivity contribution in [1.82, 2.24) is 0 Å². The van der Waals surface area contributed by atoms with Crippen LogP contribution in [0.1, 0.15) is 0 Å². The summed E-state index contributed by atoms with van der Waals surface area (Å²) in [6.07, 6.45) is -1.17. The summed E-state index contributed by atoms with van der Waals surface area (Å²) in [4.78, 5) is 11.6. The summed E-state index contributed by atoms with van der Waals surface area (Å²) < 4.78 is 14.5. The maximum atomic E-state index is 13.5. The van der Waals surface area contributed by atoms with Gasteiger partial charge in [-0.25, -0.2) is 9.18 Å². The summed E-state index contributed by atoms with van der Waals surface area (Å²) in [5, 5.41) is 12.2. The minimum atomic E-state index is -1.17. The van der Waals surface area contributed by atoms with Crippen molar-refractivity contribution in [2.24, 2.45) is 0 Å². The maximum Gasteiger partial charge on any atom is 0.409 e. The third kappa shape index (κ3) is 2.35. The molecule has 0 saturated carbocycles. The molecule has 5 heteroatoms. The second-order valence-corrected chi connectivity index (χ2v) is 5.35. The Bertz CT molecular complexity index is 764. The molecule has 0 radical (unpaired) electrons. The largest absolute Gasteiger partial charge is 0.465 e. The number of thiophene rings is 1. The highest BCUT2D eigenvalue weighted by atomic mass is 32.1. The van der Waals surface area contributed by atoms with E-state index < -0.39 is 11.9 Å². The Morgan fingerprint density at radius 2 is 1.95 bits per heavy atom. The SMILES string of the molecule is O=C(O)Nc1ccc(F)cc1-c1cc2ccccc2s1. The lowest BCUT2D eigenvalue weighted by atomic mass is 10.1. The Kier molecular flexibility index (Phi) is 3.12. The lowest BCUT2D eigenvalue weighted by Gasteiger charge is -2.07. The molecule has 3 aromatic rings. The quantitative estimate of drug-likeness (QED) is 0.711. The van der Waals surface area contributed by atoms with E-state index in [2.05, 4.69) is 5.32 Å². The normalized spacial score (nSPS) is 10.7. The molecule has 2 aromatic carbocycles.